The number of halogens is 2. The predicted molar refractivity (Wildman–Crippen MR) is 76.1 cm³/mol. The van der Waals surface area contributed by atoms with E-state index in [1.54, 1.807) is 18.2 Å². The molecule has 2 aromatic rings. The first-order valence-electron chi connectivity index (χ1n) is 6.39. The van der Waals surface area contributed by atoms with Crippen LogP contribution < -0.4 is 10.1 Å². The van der Waals surface area contributed by atoms with E-state index < -0.39 is 5.82 Å². The summed E-state index contributed by atoms with van der Waals surface area (Å²) in [5.74, 6) is -0.0339. The SMILES string of the molecule is Fc1cc(Br)ccc1Oc1ccc(CNC2CC2)nn1. The van der Waals surface area contributed by atoms with E-state index in [-0.39, 0.29) is 11.6 Å². The lowest BCUT2D eigenvalue weighted by molar-refractivity contribution is 0.420. The van der Waals surface area contributed by atoms with E-state index in [2.05, 4.69) is 31.4 Å². The lowest BCUT2D eigenvalue weighted by Gasteiger charge is -2.06. The van der Waals surface area contributed by atoms with Crippen molar-refractivity contribution in [1.29, 1.82) is 0 Å². The lowest BCUT2D eigenvalue weighted by atomic mass is 10.3. The molecule has 1 fully saturated rings. The van der Waals surface area contributed by atoms with Crippen molar-refractivity contribution in [2.24, 2.45) is 0 Å². The van der Waals surface area contributed by atoms with Gasteiger partial charge in [0, 0.05) is 23.1 Å². The number of hydrogen-bond donors (Lipinski definition) is 1. The van der Waals surface area contributed by atoms with Gasteiger partial charge in [-0.15, -0.1) is 5.10 Å². The highest BCUT2D eigenvalue weighted by Gasteiger charge is 2.20. The number of nitrogens with one attached hydrogen (secondary N) is 1. The van der Waals surface area contributed by atoms with Crippen LogP contribution in [0, 0.1) is 5.82 Å². The molecule has 0 atom stereocenters. The van der Waals surface area contributed by atoms with E-state index >= 15 is 0 Å². The Bertz CT molecular complexity index is 602. The van der Waals surface area contributed by atoms with Crippen molar-refractivity contribution in [1.82, 2.24) is 15.5 Å². The first kappa shape index (κ1) is 13.5. The van der Waals surface area contributed by atoms with E-state index in [1.807, 2.05) is 6.07 Å². The highest BCUT2D eigenvalue weighted by Crippen LogP contribution is 2.25. The van der Waals surface area contributed by atoms with Crippen LogP contribution in [0.3, 0.4) is 0 Å². The van der Waals surface area contributed by atoms with E-state index in [0.717, 1.165) is 5.69 Å². The smallest absolute Gasteiger partial charge is 0.239 e. The number of nitrogens with zero attached hydrogens (tertiary/aromatic N) is 2. The van der Waals surface area contributed by atoms with Crippen molar-refractivity contribution in [2.45, 2.75) is 25.4 Å². The fraction of sp³-hybridized carbons (Fsp3) is 0.286. The predicted octanol–water partition coefficient (Wildman–Crippen LogP) is 3.42. The average Bonchev–Trinajstić information content (AvgIpc) is 3.25. The van der Waals surface area contributed by atoms with Crippen molar-refractivity contribution in [3.63, 3.8) is 0 Å². The minimum atomic E-state index is -0.444. The summed E-state index contributed by atoms with van der Waals surface area (Å²) in [4.78, 5) is 0. The van der Waals surface area contributed by atoms with E-state index in [1.165, 1.54) is 18.9 Å². The molecule has 1 saturated carbocycles. The summed E-state index contributed by atoms with van der Waals surface area (Å²) in [5, 5.41) is 11.3. The second-order valence-corrected chi connectivity index (χ2v) is 5.61. The molecule has 1 aromatic heterocycles. The van der Waals surface area contributed by atoms with E-state index in [4.69, 9.17) is 4.74 Å². The summed E-state index contributed by atoms with van der Waals surface area (Å²) in [6.45, 7) is 0.699. The Morgan fingerprint density at radius 2 is 2.10 bits per heavy atom. The first-order valence-corrected chi connectivity index (χ1v) is 7.19. The molecule has 0 unspecified atom stereocenters. The molecular formula is C14H13BrFN3O. The molecule has 0 radical (unpaired) electrons. The Hall–Kier alpha value is -1.53. The van der Waals surface area contributed by atoms with Crippen molar-refractivity contribution >= 4 is 15.9 Å². The summed E-state index contributed by atoms with van der Waals surface area (Å²) in [5.41, 5.74) is 0.848. The van der Waals surface area contributed by atoms with Crippen LogP contribution in [-0.2, 0) is 6.54 Å². The van der Waals surface area contributed by atoms with Gasteiger partial charge in [-0.2, -0.15) is 5.10 Å². The molecule has 0 bridgehead atoms. The Balaban J connectivity index is 1.64. The summed E-state index contributed by atoms with van der Waals surface area (Å²) in [6, 6.07) is 8.75. The zero-order chi connectivity index (χ0) is 13.9. The number of aromatic nitrogens is 2. The van der Waals surface area contributed by atoms with Gasteiger partial charge in [-0.05, 0) is 37.1 Å². The Morgan fingerprint density at radius 3 is 2.75 bits per heavy atom. The third-order valence-corrected chi connectivity index (χ3v) is 3.45. The number of benzene rings is 1. The fourth-order valence-corrected chi connectivity index (χ4v) is 2.04. The van der Waals surface area contributed by atoms with Crippen LogP contribution in [-0.4, -0.2) is 16.2 Å². The molecule has 0 aliphatic heterocycles. The van der Waals surface area contributed by atoms with Gasteiger partial charge in [0.05, 0.1) is 5.69 Å². The first-order chi connectivity index (χ1) is 9.70. The van der Waals surface area contributed by atoms with Gasteiger partial charge in [0.1, 0.15) is 0 Å². The minimum Gasteiger partial charge on any atom is -0.434 e. The number of hydrogen-bond acceptors (Lipinski definition) is 4. The monoisotopic (exact) mass is 337 g/mol. The molecule has 1 aromatic carbocycles. The molecule has 1 heterocycles. The molecule has 0 saturated heterocycles. The second-order valence-electron chi connectivity index (χ2n) is 4.69. The Morgan fingerprint density at radius 1 is 1.25 bits per heavy atom. The van der Waals surface area contributed by atoms with Crippen LogP contribution in [0.15, 0.2) is 34.8 Å². The molecule has 3 rings (SSSR count). The third-order valence-electron chi connectivity index (χ3n) is 2.95. The molecule has 4 nitrogen and oxygen atoms in total. The van der Waals surface area contributed by atoms with Crippen LogP contribution in [0.4, 0.5) is 4.39 Å². The van der Waals surface area contributed by atoms with Gasteiger partial charge in [-0.25, -0.2) is 4.39 Å². The summed E-state index contributed by atoms with van der Waals surface area (Å²) in [6.07, 6.45) is 2.47. The van der Waals surface area contributed by atoms with Crippen molar-refractivity contribution in [3.8, 4) is 11.6 Å². The van der Waals surface area contributed by atoms with E-state index in [9.17, 15) is 4.39 Å². The van der Waals surface area contributed by atoms with Gasteiger partial charge in [0.15, 0.2) is 11.6 Å². The van der Waals surface area contributed by atoms with Crippen LogP contribution in [0.1, 0.15) is 18.5 Å². The summed E-state index contributed by atoms with van der Waals surface area (Å²) < 4.78 is 19.6. The average molecular weight is 338 g/mol. The van der Waals surface area contributed by atoms with Gasteiger partial charge < -0.3 is 10.1 Å². The maximum atomic E-state index is 13.6. The molecular weight excluding hydrogens is 325 g/mol. The van der Waals surface area contributed by atoms with Gasteiger partial charge in [0.2, 0.25) is 5.88 Å². The maximum absolute atomic E-state index is 13.6. The lowest BCUT2D eigenvalue weighted by Crippen LogP contribution is -2.16. The number of ether oxygens (including phenoxy) is 1. The maximum Gasteiger partial charge on any atom is 0.239 e. The quantitative estimate of drug-likeness (QED) is 0.908. The zero-order valence-corrected chi connectivity index (χ0v) is 12.2. The fourth-order valence-electron chi connectivity index (χ4n) is 1.70. The Kier molecular flexibility index (Phi) is 3.93. The molecule has 0 amide bonds. The van der Waals surface area contributed by atoms with Gasteiger partial charge in [0.25, 0.3) is 0 Å². The number of rotatable bonds is 5. The summed E-state index contributed by atoms with van der Waals surface area (Å²) >= 11 is 3.19. The highest BCUT2D eigenvalue weighted by molar-refractivity contribution is 9.10. The van der Waals surface area contributed by atoms with Crippen molar-refractivity contribution < 1.29 is 9.13 Å². The van der Waals surface area contributed by atoms with Gasteiger partial charge in [-0.3, -0.25) is 0 Å². The second kappa shape index (κ2) is 5.85. The normalized spacial score (nSPS) is 14.3. The van der Waals surface area contributed by atoms with Crippen molar-refractivity contribution in [2.75, 3.05) is 0 Å². The molecule has 1 N–H and O–H groups in total. The van der Waals surface area contributed by atoms with Crippen LogP contribution in [0.25, 0.3) is 0 Å². The Labute approximate surface area is 124 Å². The van der Waals surface area contributed by atoms with Gasteiger partial charge in [-0.1, -0.05) is 15.9 Å². The van der Waals surface area contributed by atoms with Crippen molar-refractivity contribution in [3.05, 3.63) is 46.3 Å². The standard InChI is InChI=1S/C14H13BrFN3O/c15-9-1-5-13(12(16)7-9)20-14-6-4-11(18-19-14)8-17-10-2-3-10/h1,4-7,10,17H,2-3,8H2. The molecule has 1 aliphatic carbocycles. The minimum absolute atomic E-state index is 0.131. The molecule has 0 spiro atoms. The topological polar surface area (TPSA) is 47.0 Å². The summed E-state index contributed by atoms with van der Waals surface area (Å²) in [7, 11) is 0. The third kappa shape index (κ3) is 3.52. The molecule has 104 valence electrons. The highest BCUT2D eigenvalue weighted by atomic mass is 79.9. The molecule has 1 aliphatic rings. The van der Waals surface area contributed by atoms with Crippen LogP contribution in [0.2, 0.25) is 0 Å². The van der Waals surface area contributed by atoms with Crippen LogP contribution >= 0.6 is 15.9 Å². The molecule has 20 heavy (non-hydrogen) atoms. The van der Waals surface area contributed by atoms with Crippen LogP contribution in [0.5, 0.6) is 11.6 Å². The largest absolute Gasteiger partial charge is 0.434 e. The zero-order valence-electron chi connectivity index (χ0n) is 10.6. The van der Waals surface area contributed by atoms with E-state index in [0.29, 0.717) is 17.1 Å². The molecule has 6 heteroatoms. The van der Waals surface area contributed by atoms with Gasteiger partial charge >= 0.3 is 0 Å².